The molecule has 0 fully saturated rings. The molecule has 2 aromatic rings. The maximum absolute atomic E-state index is 12.0. The third-order valence-corrected chi connectivity index (χ3v) is 4.52. The van der Waals surface area contributed by atoms with Gasteiger partial charge in [0.2, 0.25) is 11.7 Å². The van der Waals surface area contributed by atoms with Crippen LogP contribution in [-0.2, 0) is 17.7 Å². The second-order valence-electron chi connectivity index (χ2n) is 5.96. The van der Waals surface area contributed by atoms with Gasteiger partial charge < -0.3 is 13.8 Å². The fourth-order valence-electron chi connectivity index (χ4n) is 2.81. The van der Waals surface area contributed by atoms with Gasteiger partial charge in [0.05, 0.1) is 17.7 Å². The Bertz CT molecular complexity index is 1180. The zero-order valence-electron chi connectivity index (χ0n) is 14.7. The fraction of sp³-hybridized carbons (Fsp3) is 0.167. The molecule has 1 aromatic heterocycles. The van der Waals surface area contributed by atoms with E-state index in [4.69, 9.17) is 20.9 Å². The van der Waals surface area contributed by atoms with E-state index in [0.29, 0.717) is 40.8 Å². The van der Waals surface area contributed by atoms with Crippen molar-refractivity contribution in [2.75, 3.05) is 7.11 Å². The summed E-state index contributed by atoms with van der Waals surface area (Å²) in [5.41, 5.74) is 1.06. The van der Waals surface area contributed by atoms with Gasteiger partial charge in [-0.3, -0.25) is 4.79 Å². The number of aromatic nitrogens is 5. The van der Waals surface area contributed by atoms with Gasteiger partial charge in [0.25, 0.3) is 5.56 Å². The van der Waals surface area contributed by atoms with Crippen LogP contribution in [-0.4, -0.2) is 38.0 Å². The molecule has 0 aliphatic carbocycles. The Morgan fingerprint density at radius 1 is 1.29 bits per heavy atom. The largest absolute Gasteiger partial charge is 0.465 e. The van der Waals surface area contributed by atoms with Crippen LogP contribution >= 0.6 is 11.6 Å². The summed E-state index contributed by atoms with van der Waals surface area (Å²) >= 11 is 6.15. The smallest absolute Gasteiger partial charge is 0.341 e. The van der Waals surface area contributed by atoms with E-state index in [-0.39, 0.29) is 16.8 Å². The van der Waals surface area contributed by atoms with E-state index in [9.17, 15) is 9.59 Å². The van der Waals surface area contributed by atoms with Crippen LogP contribution in [0.1, 0.15) is 16.2 Å². The van der Waals surface area contributed by atoms with Crippen molar-refractivity contribution in [1.29, 1.82) is 0 Å². The topological polar surface area (TPSA) is 116 Å². The number of rotatable bonds is 5. The lowest BCUT2D eigenvalue weighted by molar-refractivity contribution is 0.0600. The van der Waals surface area contributed by atoms with Crippen LogP contribution in [0.5, 0.6) is 0 Å². The molecule has 3 heterocycles. The molecule has 0 radical (unpaired) electrons. The number of carbonyl (C=O) groups is 1. The Kier molecular flexibility index (Phi) is 4.66. The van der Waals surface area contributed by atoms with Crippen LogP contribution in [0.2, 0.25) is 5.02 Å². The van der Waals surface area contributed by atoms with Crippen LogP contribution in [0.25, 0.3) is 22.6 Å². The molecule has 10 heteroatoms. The second kappa shape index (κ2) is 7.28. The van der Waals surface area contributed by atoms with Gasteiger partial charge in [0, 0.05) is 30.9 Å². The molecule has 2 aliphatic heterocycles. The van der Waals surface area contributed by atoms with Crippen molar-refractivity contribution < 1.29 is 14.1 Å². The van der Waals surface area contributed by atoms with Crippen molar-refractivity contribution in [3.05, 3.63) is 63.5 Å². The van der Waals surface area contributed by atoms with Crippen LogP contribution in [0.3, 0.4) is 0 Å². The second-order valence-corrected chi connectivity index (χ2v) is 6.37. The van der Waals surface area contributed by atoms with Crippen LogP contribution in [0, 0.1) is 0 Å². The predicted octanol–water partition coefficient (Wildman–Crippen LogP) is 2.41. The third-order valence-electron chi connectivity index (χ3n) is 4.19. The number of ether oxygens (including phenoxy) is 1. The molecule has 0 saturated heterocycles. The normalized spacial score (nSPS) is 11.1. The summed E-state index contributed by atoms with van der Waals surface area (Å²) < 4.78 is 11.7. The summed E-state index contributed by atoms with van der Waals surface area (Å²) in [5.74, 6) is 0.217. The third kappa shape index (κ3) is 3.27. The Morgan fingerprint density at radius 3 is 2.89 bits per heavy atom. The number of pyridine rings is 1. The van der Waals surface area contributed by atoms with Crippen LogP contribution in [0.4, 0.5) is 0 Å². The molecule has 0 bridgehead atoms. The highest BCUT2D eigenvalue weighted by atomic mass is 35.5. The van der Waals surface area contributed by atoms with Gasteiger partial charge in [-0.2, -0.15) is 10.1 Å². The predicted molar refractivity (Wildman–Crippen MR) is 99.3 cm³/mol. The molecule has 28 heavy (non-hydrogen) atoms. The molecule has 9 nitrogen and oxygen atoms in total. The summed E-state index contributed by atoms with van der Waals surface area (Å²) in [6.07, 6.45) is 3.57. The number of nitrogens with one attached hydrogen (secondary N) is 1. The number of methoxy groups -OCH3 is 1. The summed E-state index contributed by atoms with van der Waals surface area (Å²) in [7, 11) is 1.27. The Balaban J connectivity index is 1.59. The molecule has 0 unspecified atom stereocenters. The molecule has 0 saturated carbocycles. The molecule has 1 aromatic carbocycles. The molecular weight excluding hydrogens is 386 g/mol. The number of fused-ring (bicyclic) bond motifs is 1. The zero-order valence-corrected chi connectivity index (χ0v) is 15.4. The molecule has 2 aliphatic rings. The number of carbonyl (C=O) groups excluding carboxylic acids is 1. The maximum atomic E-state index is 12.0. The van der Waals surface area contributed by atoms with Crippen molar-refractivity contribution in [2.45, 2.75) is 13.0 Å². The van der Waals surface area contributed by atoms with Crippen molar-refractivity contribution >= 4 is 17.6 Å². The molecule has 142 valence electrons. The van der Waals surface area contributed by atoms with E-state index >= 15 is 0 Å². The lowest BCUT2D eigenvalue weighted by atomic mass is 10.1. The van der Waals surface area contributed by atoms with Crippen LogP contribution in [0.15, 0.2) is 46.0 Å². The molecule has 0 spiro atoms. The Morgan fingerprint density at radius 2 is 2.11 bits per heavy atom. The van der Waals surface area contributed by atoms with Crippen molar-refractivity contribution in [3.8, 4) is 22.6 Å². The van der Waals surface area contributed by atoms with Gasteiger partial charge in [-0.15, -0.1) is 0 Å². The molecule has 0 amide bonds. The summed E-state index contributed by atoms with van der Waals surface area (Å²) in [6, 6.07) is 7.20. The SMILES string of the molecule is COC(=O)c1cn(CCc2nc(-c3ccccc3Cl)no2)cc2c(=O)[nH]nc1-2. The lowest BCUT2D eigenvalue weighted by Crippen LogP contribution is -2.13. The minimum Gasteiger partial charge on any atom is -0.465 e. The number of esters is 1. The molecule has 4 rings (SSSR count). The molecule has 1 N–H and O–H groups in total. The number of nitrogens with zero attached hydrogens (tertiary/aromatic N) is 4. The summed E-state index contributed by atoms with van der Waals surface area (Å²) in [5, 5.41) is 10.7. The monoisotopic (exact) mass is 399 g/mol. The van der Waals surface area contributed by atoms with Crippen LogP contribution < -0.4 is 5.56 Å². The summed E-state index contributed by atoms with van der Waals surface area (Å²) in [6.45, 7) is 0.398. The minimum atomic E-state index is -0.579. The highest BCUT2D eigenvalue weighted by Gasteiger charge is 2.22. The van der Waals surface area contributed by atoms with E-state index in [1.165, 1.54) is 7.11 Å². The van der Waals surface area contributed by atoms with Gasteiger partial charge in [-0.25, -0.2) is 9.89 Å². The first-order valence-corrected chi connectivity index (χ1v) is 8.68. The van der Waals surface area contributed by atoms with Crippen molar-refractivity contribution in [1.82, 2.24) is 24.9 Å². The first-order chi connectivity index (χ1) is 13.6. The number of hydrogen-bond acceptors (Lipinski definition) is 7. The highest BCUT2D eigenvalue weighted by molar-refractivity contribution is 6.33. The summed E-state index contributed by atoms with van der Waals surface area (Å²) in [4.78, 5) is 28.3. The zero-order chi connectivity index (χ0) is 19.7. The average molecular weight is 400 g/mol. The lowest BCUT2D eigenvalue weighted by Gasteiger charge is -2.10. The first-order valence-electron chi connectivity index (χ1n) is 8.31. The Hall–Kier alpha value is -3.46. The van der Waals surface area contributed by atoms with Crippen molar-refractivity contribution in [3.63, 3.8) is 0 Å². The standard InChI is InChI=1S/C18H14ClN5O4/c1-27-18(26)12-9-24(8-11-15(12)21-22-17(11)25)7-6-14-20-16(23-28-14)10-4-2-3-5-13(10)19/h2-5,8-9H,6-7H2,1H3,(H,22,25). The minimum absolute atomic E-state index is 0.195. The number of halogens is 1. The van der Waals surface area contributed by atoms with Gasteiger partial charge in [0.15, 0.2) is 0 Å². The number of H-pyrrole nitrogens is 1. The van der Waals surface area contributed by atoms with Gasteiger partial charge in [-0.1, -0.05) is 28.9 Å². The first kappa shape index (κ1) is 17.9. The van der Waals surface area contributed by atoms with Gasteiger partial charge >= 0.3 is 5.97 Å². The average Bonchev–Trinajstić information content (AvgIpc) is 3.33. The van der Waals surface area contributed by atoms with E-state index < -0.39 is 5.97 Å². The fourth-order valence-corrected chi connectivity index (χ4v) is 3.03. The van der Waals surface area contributed by atoms with E-state index in [2.05, 4.69) is 20.3 Å². The number of hydrogen-bond donors (Lipinski definition) is 1. The highest BCUT2D eigenvalue weighted by Crippen LogP contribution is 2.25. The van der Waals surface area contributed by atoms with E-state index in [0.717, 1.165) is 0 Å². The quantitative estimate of drug-likeness (QED) is 0.512. The molecular formula is C18H14ClN5O4. The van der Waals surface area contributed by atoms with E-state index in [1.807, 2.05) is 12.1 Å². The number of aryl methyl sites for hydroxylation is 2. The van der Waals surface area contributed by atoms with Gasteiger partial charge in [0.1, 0.15) is 11.3 Å². The number of benzene rings is 1. The Labute approximate surface area is 163 Å². The maximum Gasteiger partial charge on any atom is 0.341 e. The van der Waals surface area contributed by atoms with Gasteiger partial charge in [-0.05, 0) is 12.1 Å². The number of aromatic amines is 1. The van der Waals surface area contributed by atoms with Crippen molar-refractivity contribution in [2.24, 2.45) is 0 Å². The van der Waals surface area contributed by atoms with E-state index in [1.54, 1.807) is 29.1 Å². The molecule has 0 atom stereocenters.